The predicted molar refractivity (Wildman–Crippen MR) is 80.3 cm³/mol. The highest BCUT2D eigenvalue weighted by Crippen LogP contribution is 2.30. The molecule has 3 N–H and O–H groups in total. The Labute approximate surface area is 124 Å². The first-order valence-corrected chi connectivity index (χ1v) is 6.91. The van der Waals surface area contributed by atoms with Crippen molar-refractivity contribution in [3.8, 4) is 0 Å². The van der Waals surface area contributed by atoms with Gasteiger partial charge in [0, 0.05) is 19.2 Å². The summed E-state index contributed by atoms with van der Waals surface area (Å²) in [6, 6.07) is 7.72. The second-order valence-electron chi connectivity index (χ2n) is 5.80. The minimum Gasteiger partial charge on any atom is -0.478 e. The highest BCUT2D eigenvalue weighted by atomic mass is 16.4. The van der Waals surface area contributed by atoms with Gasteiger partial charge in [-0.15, -0.1) is 0 Å². The van der Waals surface area contributed by atoms with Crippen molar-refractivity contribution in [2.75, 3.05) is 13.1 Å². The number of carbonyl (C=O) groups excluding carboxylic acids is 1. The molecule has 1 saturated heterocycles. The van der Waals surface area contributed by atoms with Crippen LogP contribution >= 0.6 is 0 Å². The number of hydrogen-bond donors (Lipinski definition) is 2. The fourth-order valence-corrected chi connectivity index (χ4v) is 2.55. The van der Waals surface area contributed by atoms with Crippen molar-refractivity contribution in [2.45, 2.75) is 19.9 Å². The van der Waals surface area contributed by atoms with E-state index in [4.69, 9.17) is 10.8 Å². The largest absolute Gasteiger partial charge is 0.478 e. The molecule has 1 aliphatic heterocycles. The summed E-state index contributed by atoms with van der Waals surface area (Å²) in [5.41, 5.74) is 7.00. The van der Waals surface area contributed by atoms with E-state index in [0.717, 1.165) is 36.7 Å². The molecule has 2 rings (SSSR count). The van der Waals surface area contributed by atoms with Gasteiger partial charge in [0.1, 0.15) is 0 Å². The molecule has 5 nitrogen and oxygen atoms in total. The Bertz CT molecular complexity index is 565. The third-order valence-corrected chi connectivity index (χ3v) is 3.95. The van der Waals surface area contributed by atoms with Crippen LogP contribution in [0.2, 0.25) is 0 Å². The summed E-state index contributed by atoms with van der Waals surface area (Å²) in [6.07, 6.45) is 3.47. The van der Waals surface area contributed by atoms with E-state index in [0.29, 0.717) is 6.54 Å². The summed E-state index contributed by atoms with van der Waals surface area (Å²) in [6.45, 7) is 4.23. The van der Waals surface area contributed by atoms with Gasteiger partial charge in [-0.25, -0.2) is 4.79 Å². The number of carboxylic acid groups (broad SMARTS) is 1. The van der Waals surface area contributed by atoms with Crippen molar-refractivity contribution < 1.29 is 14.7 Å². The molecule has 0 spiro atoms. The lowest BCUT2D eigenvalue weighted by Crippen LogP contribution is -2.36. The average Bonchev–Trinajstić information content (AvgIpc) is 2.81. The second-order valence-corrected chi connectivity index (χ2v) is 5.80. The maximum atomic E-state index is 11.4. The molecule has 1 heterocycles. The second kappa shape index (κ2) is 6.10. The van der Waals surface area contributed by atoms with Crippen LogP contribution in [0.3, 0.4) is 0 Å². The number of nitrogens with zero attached hydrogens (tertiary/aromatic N) is 1. The zero-order valence-electron chi connectivity index (χ0n) is 12.1. The van der Waals surface area contributed by atoms with Crippen molar-refractivity contribution in [1.82, 2.24) is 4.90 Å². The van der Waals surface area contributed by atoms with Crippen LogP contribution in [0.25, 0.3) is 6.08 Å². The van der Waals surface area contributed by atoms with Crippen LogP contribution in [0.4, 0.5) is 0 Å². The van der Waals surface area contributed by atoms with Crippen LogP contribution in [0, 0.1) is 5.41 Å². The molecule has 1 unspecified atom stereocenters. The van der Waals surface area contributed by atoms with E-state index >= 15 is 0 Å². The molecule has 1 fully saturated rings. The van der Waals surface area contributed by atoms with Crippen LogP contribution in [0.5, 0.6) is 0 Å². The van der Waals surface area contributed by atoms with E-state index in [1.807, 2.05) is 31.2 Å². The molecule has 1 amide bonds. The number of rotatable bonds is 5. The maximum absolute atomic E-state index is 11.4. The van der Waals surface area contributed by atoms with Gasteiger partial charge in [0.15, 0.2) is 0 Å². The molecule has 0 aliphatic carbocycles. The lowest BCUT2D eigenvalue weighted by molar-refractivity contribution is -0.131. The molecular formula is C16H20N2O3. The minimum atomic E-state index is -0.957. The molecule has 21 heavy (non-hydrogen) atoms. The lowest BCUT2D eigenvalue weighted by atomic mass is 9.89. The Balaban J connectivity index is 1.96. The smallest absolute Gasteiger partial charge is 0.328 e. The third-order valence-electron chi connectivity index (χ3n) is 3.95. The van der Waals surface area contributed by atoms with Gasteiger partial charge < -0.3 is 10.8 Å². The SMILES string of the molecule is CC1(C(N)=O)CCN(Cc2ccc(/C=C/C(=O)O)cc2)C1. The first kappa shape index (κ1) is 15.3. The minimum absolute atomic E-state index is 0.237. The molecule has 0 aromatic heterocycles. The van der Waals surface area contributed by atoms with Gasteiger partial charge in [-0.1, -0.05) is 24.3 Å². The summed E-state index contributed by atoms with van der Waals surface area (Å²) in [5, 5.41) is 8.58. The summed E-state index contributed by atoms with van der Waals surface area (Å²) in [5.74, 6) is -1.19. The van der Waals surface area contributed by atoms with E-state index in [2.05, 4.69) is 4.90 Å². The zero-order chi connectivity index (χ0) is 15.5. The van der Waals surface area contributed by atoms with E-state index in [9.17, 15) is 9.59 Å². The van der Waals surface area contributed by atoms with Gasteiger partial charge in [0.05, 0.1) is 5.41 Å². The quantitative estimate of drug-likeness (QED) is 0.804. The molecule has 1 aromatic carbocycles. The maximum Gasteiger partial charge on any atom is 0.328 e. The third kappa shape index (κ3) is 3.92. The Morgan fingerprint density at radius 2 is 2.05 bits per heavy atom. The van der Waals surface area contributed by atoms with Crippen LogP contribution < -0.4 is 5.73 Å². The topological polar surface area (TPSA) is 83.6 Å². The van der Waals surface area contributed by atoms with Crippen molar-refractivity contribution >= 4 is 18.0 Å². The van der Waals surface area contributed by atoms with E-state index in [1.54, 1.807) is 6.08 Å². The zero-order valence-corrected chi connectivity index (χ0v) is 12.1. The first-order chi connectivity index (χ1) is 9.89. The lowest BCUT2D eigenvalue weighted by Gasteiger charge is -2.21. The van der Waals surface area contributed by atoms with Gasteiger partial charge in [-0.05, 0) is 37.1 Å². The number of carboxylic acids is 1. The number of nitrogens with two attached hydrogens (primary N) is 1. The number of carbonyl (C=O) groups is 2. The molecule has 112 valence electrons. The molecule has 1 aliphatic rings. The van der Waals surface area contributed by atoms with Crippen LogP contribution in [-0.2, 0) is 16.1 Å². The summed E-state index contributed by atoms with van der Waals surface area (Å²) in [4.78, 5) is 24.1. The number of benzene rings is 1. The molecular weight excluding hydrogens is 268 g/mol. The molecule has 0 radical (unpaired) electrons. The number of aliphatic carboxylic acids is 1. The van der Waals surface area contributed by atoms with E-state index < -0.39 is 11.4 Å². The van der Waals surface area contributed by atoms with Crippen molar-refractivity contribution in [1.29, 1.82) is 0 Å². The molecule has 0 saturated carbocycles. The van der Waals surface area contributed by atoms with E-state index in [-0.39, 0.29) is 5.91 Å². The summed E-state index contributed by atoms with van der Waals surface area (Å²) >= 11 is 0. The van der Waals surface area contributed by atoms with Gasteiger partial charge >= 0.3 is 5.97 Å². The Morgan fingerprint density at radius 1 is 1.38 bits per heavy atom. The number of likely N-dealkylation sites (tertiary alicyclic amines) is 1. The van der Waals surface area contributed by atoms with E-state index in [1.165, 1.54) is 0 Å². The Kier molecular flexibility index (Phi) is 4.43. The van der Waals surface area contributed by atoms with Gasteiger partial charge in [-0.3, -0.25) is 9.69 Å². The molecule has 1 atom stereocenters. The number of amides is 1. The normalized spacial score (nSPS) is 22.7. The summed E-state index contributed by atoms with van der Waals surface area (Å²) in [7, 11) is 0. The van der Waals surface area contributed by atoms with Gasteiger partial charge in [0.2, 0.25) is 5.91 Å². The summed E-state index contributed by atoms with van der Waals surface area (Å²) < 4.78 is 0. The highest BCUT2D eigenvalue weighted by Gasteiger charge is 2.38. The highest BCUT2D eigenvalue weighted by molar-refractivity contribution is 5.85. The van der Waals surface area contributed by atoms with Crippen LogP contribution in [-0.4, -0.2) is 35.0 Å². The first-order valence-electron chi connectivity index (χ1n) is 6.91. The molecule has 1 aromatic rings. The Morgan fingerprint density at radius 3 is 2.57 bits per heavy atom. The number of hydrogen-bond acceptors (Lipinski definition) is 3. The van der Waals surface area contributed by atoms with Crippen molar-refractivity contribution in [2.24, 2.45) is 11.1 Å². The molecule has 5 heteroatoms. The fourth-order valence-electron chi connectivity index (χ4n) is 2.55. The van der Waals surface area contributed by atoms with Crippen LogP contribution in [0.15, 0.2) is 30.3 Å². The Hall–Kier alpha value is -2.14. The molecule has 0 bridgehead atoms. The average molecular weight is 288 g/mol. The van der Waals surface area contributed by atoms with Crippen molar-refractivity contribution in [3.05, 3.63) is 41.5 Å². The van der Waals surface area contributed by atoms with Gasteiger partial charge in [-0.2, -0.15) is 0 Å². The van der Waals surface area contributed by atoms with Crippen molar-refractivity contribution in [3.63, 3.8) is 0 Å². The monoisotopic (exact) mass is 288 g/mol. The predicted octanol–water partition coefficient (Wildman–Crippen LogP) is 1.48. The number of primary amides is 1. The standard InChI is InChI=1S/C16H20N2O3/c1-16(15(17)21)8-9-18(11-16)10-13-4-2-12(3-5-13)6-7-14(19)20/h2-7H,8-11H2,1H3,(H2,17,21)(H,19,20)/b7-6+. The fraction of sp³-hybridized carbons (Fsp3) is 0.375. The van der Waals surface area contributed by atoms with Crippen LogP contribution in [0.1, 0.15) is 24.5 Å². The van der Waals surface area contributed by atoms with Gasteiger partial charge in [0.25, 0.3) is 0 Å².